The second kappa shape index (κ2) is 12.3. The highest BCUT2D eigenvalue weighted by Crippen LogP contribution is 2.23. The third-order valence-electron chi connectivity index (χ3n) is 4.90. The lowest BCUT2D eigenvalue weighted by Crippen LogP contribution is -2.40. The van der Waals surface area contributed by atoms with E-state index in [0.29, 0.717) is 28.3 Å². The summed E-state index contributed by atoms with van der Waals surface area (Å²) in [7, 11) is 0. The molecule has 2 rings (SSSR count). The van der Waals surface area contributed by atoms with Gasteiger partial charge in [0.25, 0.3) is 5.91 Å². The van der Waals surface area contributed by atoms with Crippen molar-refractivity contribution < 1.29 is 14.4 Å². The lowest BCUT2D eigenvalue weighted by molar-refractivity contribution is -0.121. The average molecular weight is 513 g/mol. The van der Waals surface area contributed by atoms with Crippen molar-refractivity contribution in [3.63, 3.8) is 0 Å². The SMILES string of the molecule is CC(C)CN(CC(=O)Nc1nc(CC(=O)NC(C)C(C)C)cs1)C(=O)c1ccc(Cl)cc1Cl. The van der Waals surface area contributed by atoms with Crippen LogP contribution >= 0.6 is 34.5 Å². The molecule has 1 aromatic carbocycles. The molecule has 0 aliphatic rings. The highest BCUT2D eigenvalue weighted by Gasteiger charge is 2.23. The van der Waals surface area contributed by atoms with E-state index in [1.54, 1.807) is 17.5 Å². The van der Waals surface area contributed by atoms with Crippen LogP contribution in [0.25, 0.3) is 0 Å². The van der Waals surface area contributed by atoms with Crippen LogP contribution in [0.3, 0.4) is 0 Å². The van der Waals surface area contributed by atoms with E-state index in [1.165, 1.54) is 22.3 Å². The van der Waals surface area contributed by atoms with Crippen molar-refractivity contribution in [1.82, 2.24) is 15.2 Å². The Morgan fingerprint density at radius 3 is 2.39 bits per heavy atom. The normalized spacial score (nSPS) is 12.0. The fraction of sp³-hybridized carbons (Fsp3) is 0.478. The molecule has 0 spiro atoms. The molecular weight excluding hydrogens is 483 g/mol. The molecule has 3 amide bonds. The zero-order valence-electron chi connectivity index (χ0n) is 19.4. The van der Waals surface area contributed by atoms with Gasteiger partial charge in [-0.2, -0.15) is 0 Å². The zero-order valence-corrected chi connectivity index (χ0v) is 21.8. The number of halogens is 2. The molecule has 0 aliphatic heterocycles. The highest BCUT2D eigenvalue weighted by molar-refractivity contribution is 7.13. The first-order valence-corrected chi connectivity index (χ1v) is 12.4. The van der Waals surface area contributed by atoms with Crippen molar-refractivity contribution >= 4 is 57.4 Å². The largest absolute Gasteiger partial charge is 0.353 e. The van der Waals surface area contributed by atoms with E-state index in [4.69, 9.17) is 23.2 Å². The molecule has 0 saturated carbocycles. The Labute approximate surface area is 208 Å². The van der Waals surface area contributed by atoms with Crippen molar-refractivity contribution in [2.75, 3.05) is 18.4 Å². The summed E-state index contributed by atoms with van der Waals surface area (Å²) in [5, 5.41) is 8.42. The molecular formula is C23H30Cl2N4O3S. The van der Waals surface area contributed by atoms with Crippen molar-refractivity contribution in [2.24, 2.45) is 11.8 Å². The fourth-order valence-electron chi connectivity index (χ4n) is 2.91. The van der Waals surface area contributed by atoms with Crippen LogP contribution < -0.4 is 10.6 Å². The van der Waals surface area contributed by atoms with Crippen LogP contribution in [0.1, 0.15) is 50.7 Å². The molecule has 0 aliphatic carbocycles. The lowest BCUT2D eigenvalue weighted by atomic mass is 10.1. The van der Waals surface area contributed by atoms with E-state index < -0.39 is 0 Å². The third kappa shape index (κ3) is 8.61. The molecule has 2 aromatic rings. The first kappa shape index (κ1) is 27.1. The van der Waals surface area contributed by atoms with Gasteiger partial charge in [-0.05, 0) is 37.0 Å². The van der Waals surface area contributed by atoms with E-state index in [1.807, 2.05) is 34.6 Å². The molecule has 7 nitrogen and oxygen atoms in total. The van der Waals surface area contributed by atoms with Gasteiger partial charge in [0.15, 0.2) is 5.13 Å². The predicted molar refractivity (Wildman–Crippen MR) is 134 cm³/mol. The summed E-state index contributed by atoms with van der Waals surface area (Å²) in [4.78, 5) is 43.6. The second-order valence-corrected chi connectivity index (χ2v) is 10.4. The maximum absolute atomic E-state index is 13.0. The van der Waals surface area contributed by atoms with Crippen LogP contribution in [0.15, 0.2) is 23.6 Å². The van der Waals surface area contributed by atoms with Crippen LogP contribution in [0.4, 0.5) is 5.13 Å². The number of hydrogen-bond acceptors (Lipinski definition) is 5. The van der Waals surface area contributed by atoms with Gasteiger partial charge in [-0.1, -0.05) is 50.9 Å². The van der Waals surface area contributed by atoms with E-state index >= 15 is 0 Å². The smallest absolute Gasteiger partial charge is 0.255 e. The van der Waals surface area contributed by atoms with Crippen molar-refractivity contribution in [1.29, 1.82) is 0 Å². The predicted octanol–water partition coefficient (Wildman–Crippen LogP) is 4.89. The number of aromatic nitrogens is 1. The van der Waals surface area contributed by atoms with E-state index in [9.17, 15) is 14.4 Å². The fourth-order valence-corrected chi connectivity index (χ4v) is 4.12. The Hall–Kier alpha value is -2.16. The topological polar surface area (TPSA) is 91.4 Å². The number of rotatable bonds is 10. The Morgan fingerprint density at radius 2 is 1.79 bits per heavy atom. The maximum Gasteiger partial charge on any atom is 0.255 e. The molecule has 1 heterocycles. The number of carbonyl (C=O) groups excluding carboxylic acids is 3. The molecule has 0 bridgehead atoms. The monoisotopic (exact) mass is 512 g/mol. The number of thiazole rings is 1. The Bertz CT molecular complexity index is 994. The molecule has 10 heteroatoms. The summed E-state index contributed by atoms with van der Waals surface area (Å²) in [6, 6.07) is 4.70. The number of amides is 3. The quantitative estimate of drug-likeness (QED) is 0.473. The lowest BCUT2D eigenvalue weighted by Gasteiger charge is -2.24. The molecule has 33 heavy (non-hydrogen) atoms. The van der Waals surface area contributed by atoms with Gasteiger partial charge in [0, 0.05) is 23.0 Å². The number of benzene rings is 1. The van der Waals surface area contributed by atoms with Gasteiger partial charge in [0.1, 0.15) is 6.54 Å². The van der Waals surface area contributed by atoms with E-state index in [0.717, 1.165) is 0 Å². The first-order chi connectivity index (χ1) is 15.5. The van der Waals surface area contributed by atoms with Gasteiger partial charge < -0.3 is 15.5 Å². The van der Waals surface area contributed by atoms with Gasteiger partial charge in [-0.15, -0.1) is 11.3 Å². The summed E-state index contributed by atoms with van der Waals surface area (Å²) in [5.74, 6) is -0.374. The minimum Gasteiger partial charge on any atom is -0.353 e. The Kier molecular flexibility index (Phi) is 10.1. The minimum atomic E-state index is -0.382. The van der Waals surface area contributed by atoms with Crippen molar-refractivity contribution in [3.05, 3.63) is 44.9 Å². The van der Waals surface area contributed by atoms with Crippen LogP contribution in [0, 0.1) is 11.8 Å². The van der Waals surface area contributed by atoms with Crippen LogP contribution in [-0.4, -0.2) is 46.7 Å². The average Bonchev–Trinajstić information content (AvgIpc) is 3.12. The molecule has 1 atom stereocenters. The summed E-state index contributed by atoms with van der Waals surface area (Å²) >= 11 is 13.4. The maximum atomic E-state index is 13.0. The summed E-state index contributed by atoms with van der Waals surface area (Å²) in [6.45, 7) is 10.2. The van der Waals surface area contributed by atoms with Gasteiger partial charge in [0.2, 0.25) is 11.8 Å². The molecule has 0 fully saturated rings. The van der Waals surface area contributed by atoms with Crippen molar-refractivity contribution in [3.8, 4) is 0 Å². The molecule has 1 aromatic heterocycles. The minimum absolute atomic E-state index is 0.0638. The number of hydrogen-bond donors (Lipinski definition) is 2. The molecule has 0 saturated heterocycles. The number of anilines is 1. The van der Waals surface area contributed by atoms with E-state index in [-0.39, 0.29) is 53.2 Å². The first-order valence-electron chi connectivity index (χ1n) is 10.7. The van der Waals surface area contributed by atoms with Gasteiger partial charge in [-0.3, -0.25) is 14.4 Å². The van der Waals surface area contributed by atoms with Crippen LogP contribution in [0.2, 0.25) is 10.0 Å². The highest BCUT2D eigenvalue weighted by atomic mass is 35.5. The number of carbonyl (C=O) groups is 3. The zero-order chi connectivity index (χ0) is 24.7. The molecule has 180 valence electrons. The van der Waals surface area contributed by atoms with Crippen LogP contribution in [-0.2, 0) is 16.0 Å². The number of nitrogens with zero attached hydrogens (tertiary/aromatic N) is 2. The standard InChI is InChI=1S/C23H30Cl2N4O3S/c1-13(2)10-29(22(32)18-7-6-16(24)8-19(18)25)11-21(31)28-23-27-17(12-33-23)9-20(30)26-15(5)14(3)4/h6-8,12-15H,9-11H2,1-5H3,(H,26,30)(H,27,28,31). The Balaban J connectivity index is 2.01. The van der Waals surface area contributed by atoms with Gasteiger partial charge in [-0.25, -0.2) is 4.98 Å². The second-order valence-electron chi connectivity index (χ2n) is 8.67. The van der Waals surface area contributed by atoms with E-state index in [2.05, 4.69) is 15.6 Å². The van der Waals surface area contributed by atoms with Crippen LogP contribution in [0.5, 0.6) is 0 Å². The van der Waals surface area contributed by atoms with Gasteiger partial charge >= 0.3 is 0 Å². The Morgan fingerprint density at radius 1 is 1.09 bits per heavy atom. The molecule has 2 N–H and O–H groups in total. The van der Waals surface area contributed by atoms with Gasteiger partial charge in [0.05, 0.1) is 22.7 Å². The molecule has 1 unspecified atom stereocenters. The number of nitrogens with one attached hydrogen (secondary N) is 2. The summed E-state index contributed by atoms with van der Waals surface area (Å²) in [6.07, 6.45) is 0.135. The van der Waals surface area contributed by atoms with Crippen molar-refractivity contribution in [2.45, 2.75) is 47.1 Å². The molecule has 0 radical (unpaired) electrons. The third-order valence-corrected chi connectivity index (χ3v) is 6.25. The summed E-state index contributed by atoms with van der Waals surface area (Å²) in [5.41, 5.74) is 0.861. The summed E-state index contributed by atoms with van der Waals surface area (Å²) < 4.78 is 0.